The highest BCUT2D eigenvalue weighted by Crippen LogP contribution is 2.25. The maximum absolute atomic E-state index is 4.26. The second-order valence-corrected chi connectivity index (χ2v) is 6.72. The molecule has 1 heterocycles. The summed E-state index contributed by atoms with van der Waals surface area (Å²) in [6.07, 6.45) is 4.80. The van der Waals surface area contributed by atoms with Gasteiger partial charge in [-0.2, -0.15) is 0 Å². The first-order valence-corrected chi connectivity index (χ1v) is 7.59. The van der Waals surface area contributed by atoms with Gasteiger partial charge in [0.1, 0.15) is 0 Å². The van der Waals surface area contributed by atoms with Crippen LogP contribution >= 0.6 is 0 Å². The zero-order valence-corrected chi connectivity index (χ0v) is 13.8. The predicted molar refractivity (Wildman–Crippen MR) is 89.6 cm³/mol. The number of hydrogen-bond acceptors (Lipinski definition) is 2. The van der Waals surface area contributed by atoms with Crippen LogP contribution in [0.3, 0.4) is 0 Å². The summed E-state index contributed by atoms with van der Waals surface area (Å²) in [5, 5.41) is 3.41. The van der Waals surface area contributed by atoms with Crippen molar-refractivity contribution < 1.29 is 0 Å². The molecule has 1 N–H and O–H groups in total. The Bertz CT molecular complexity index is 579. The number of likely N-dealkylation sites (N-methyl/N-ethyl adjacent to an activating group) is 1. The first-order chi connectivity index (χ1) is 9.91. The van der Waals surface area contributed by atoms with Crippen LogP contribution in [0, 0.1) is 6.92 Å². The standard InChI is InChI=1S/C19H26N2/c1-14-10-11-21-13-17(14)18(20-5)12-15-6-8-16(9-7-15)19(2,3)4/h6-11,13,18,20H,12H2,1-5H3. The van der Waals surface area contributed by atoms with E-state index in [-0.39, 0.29) is 5.41 Å². The molecular formula is C19H26N2. The van der Waals surface area contributed by atoms with E-state index >= 15 is 0 Å². The van der Waals surface area contributed by atoms with Gasteiger partial charge in [-0.05, 0) is 54.1 Å². The number of hydrogen-bond donors (Lipinski definition) is 1. The number of benzene rings is 1. The lowest BCUT2D eigenvalue weighted by atomic mass is 9.86. The van der Waals surface area contributed by atoms with Gasteiger partial charge in [0.2, 0.25) is 0 Å². The van der Waals surface area contributed by atoms with Crippen molar-refractivity contribution >= 4 is 0 Å². The summed E-state index contributed by atoms with van der Waals surface area (Å²) in [5.74, 6) is 0. The Labute approximate surface area is 128 Å². The molecular weight excluding hydrogens is 256 g/mol. The van der Waals surface area contributed by atoms with Gasteiger partial charge in [-0.1, -0.05) is 45.0 Å². The van der Waals surface area contributed by atoms with Crippen LogP contribution in [-0.2, 0) is 11.8 Å². The second-order valence-electron chi connectivity index (χ2n) is 6.72. The molecule has 112 valence electrons. The first kappa shape index (κ1) is 15.7. The Morgan fingerprint density at radius 3 is 2.29 bits per heavy atom. The highest BCUT2D eigenvalue weighted by molar-refractivity contribution is 5.31. The first-order valence-electron chi connectivity index (χ1n) is 7.59. The molecule has 2 aromatic rings. The lowest BCUT2D eigenvalue weighted by molar-refractivity contribution is 0.581. The molecule has 21 heavy (non-hydrogen) atoms. The largest absolute Gasteiger partial charge is 0.313 e. The predicted octanol–water partition coefficient (Wildman–Crippen LogP) is 4.19. The number of rotatable bonds is 4. The van der Waals surface area contributed by atoms with Gasteiger partial charge in [-0.3, -0.25) is 4.98 Å². The highest BCUT2D eigenvalue weighted by Gasteiger charge is 2.15. The quantitative estimate of drug-likeness (QED) is 0.909. The molecule has 0 saturated heterocycles. The molecule has 0 radical (unpaired) electrons. The average molecular weight is 282 g/mol. The zero-order valence-electron chi connectivity index (χ0n) is 13.8. The Morgan fingerprint density at radius 2 is 1.76 bits per heavy atom. The van der Waals surface area contributed by atoms with Crippen LogP contribution in [-0.4, -0.2) is 12.0 Å². The molecule has 0 fully saturated rings. The lowest BCUT2D eigenvalue weighted by Crippen LogP contribution is -2.20. The van der Waals surface area contributed by atoms with Gasteiger partial charge in [0.25, 0.3) is 0 Å². The van der Waals surface area contributed by atoms with Crippen molar-refractivity contribution in [2.45, 2.75) is 45.6 Å². The fraction of sp³-hybridized carbons (Fsp3) is 0.421. The topological polar surface area (TPSA) is 24.9 Å². The van der Waals surface area contributed by atoms with Crippen molar-refractivity contribution in [1.82, 2.24) is 10.3 Å². The van der Waals surface area contributed by atoms with Crippen molar-refractivity contribution in [1.29, 1.82) is 0 Å². The smallest absolute Gasteiger partial charge is 0.0376 e. The van der Waals surface area contributed by atoms with Crippen molar-refractivity contribution in [3.05, 3.63) is 65.0 Å². The number of aromatic nitrogens is 1. The van der Waals surface area contributed by atoms with Crippen molar-refractivity contribution in [3.8, 4) is 0 Å². The second kappa shape index (κ2) is 6.40. The lowest BCUT2D eigenvalue weighted by Gasteiger charge is -2.21. The Hall–Kier alpha value is -1.67. The molecule has 1 unspecified atom stereocenters. The molecule has 2 nitrogen and oxygen atoms in total. The van der Waals surface area contributed by atoms with Gasteiger partial charge in [0.15, 0.2) is 0 Å². The fourth-order valence-corrected chi connectivity index (χ4v) is 2.59. The van der Waals surface area contributed by atoms with E-state index in [1.165, 1.54) is 22.3 Å². The molecule has 0 spiro atoms. The van der Waals surface area contributed by atoms with E-state index in [4.69, 9.17) is 0 Å². The third-order valence-corrected chi connectivity index (χ3v) is 4.06. The summed E-state index contributed by atoms with van der Waals surface area (Å²) in [6.45, 7) is 8.89. The van der Waals surface area contributed by atoms with Gasteiger partial charge in [-0.25, -0.2) is 0 Å². The normalized spacial score (nSPS) is 13.2. The molecule has 1 atom stereocenters. The van der Waals surface area contributed by atoms with E-state index in [0.717, 1.165) is 6.42 Å². The van der Waals surface area contributed by atoms with Gasteiger partial charge in [-0.15, -0.1) is 0 Å². The monoisotopic (exact) mass is 282 g/mol. The van der Waals surface area contributed by atoms with Crippen LogP contribution in [0.25, 0.3) is 0 Å². The SMILES string of the molecule is CNC(Cc1ccc(C(C)(C)C)cc1)c1cnccc1C. The van der Waals surface area contributed by atoms with E-state index in [0.29, 0.717) is 6.04 Å². The fourth-order valence-electron chi connectivity index (χ4n) is 2.59. The van der Waals surface area contributed by atoms with Crippen LogP contribution in [0.4, 0.5) is 0 Å². The molecule has 1 aromatic carbocycles. The number of pyridine rings is 1. The number of nitrogens with one attached hydrogen (secondary N) is 1. The summed E-state index contributed by atoms with van der Waals surface area (Å²) < 4.78 is 0. The van der Waals surface area contributed by atoms with E-state index in [1.807, 2.05) is 19.4 Å². The van der Waals surface area contributed by atoms with Gasteiger partial charge in [0.05, 0.1) is 0 Å². The summed E-state index contributed by atoms with van der Waals surface area (Å²) in [5.41, 5.74) is 5.51. The average Bonchev–Trinajstić information content (AvgIpc) is 2.45. The van der Waals surface area contributed by atoms with Crippen LogP contribution in [0.2, 0.25) is 0 Å². The molecule has 0 aliphatic heterocycles. The van der Waals surface area contributed by atoms with Crippen molar-refractivity contribution in [2.24, 2.45) is 0 Å². The molecule has 2 heteroatoms. The Morgan fingerprint density at radius 1 is 1.10 bits per heavy atom. The molecule has 0 saturated carbocycles. The maximum atomic E-state index is 4.26. The van der Waals surface area contributed by atoms with Crippen LogP contribution in [0.1, 0.15) is 49.1 Å². The number of nitrogens with zero attached hydrogens (tertiary/aromatic N) is 1. The van der Waals surface area contributed by atoms with Crippen LogP contribution in [0.5, 0.6) is 0 Å². The van der Waals surface area contributed by atoms with Gasteiger partial charge in [0, 0.05) is 18.4 Å². The van der Waals surface area contributed by atoms with Crippen molar-refractivity contribution in [3.63, 3.8) is 0 Å². The summed E-state index contributed by atoms with van der Waals surface area (Å²) in [6, 6.07) is 11.4. The minimum atomic E-state index is 0.209. The van der Waals surface area contributed by atoms with E-state index in [2.05, 4.69) is 68.3 Å². The third kappa shape index (κ3) is 3.92. The third-order valence-electron chi connectivity index (χ3n) is 4.06. The maximum Gasteiger partial charge on any atom is 0.0376 e. The minimum absolute atomic E-state index is 0.209. The van der Waals surface area contributed by atoms with E-state index in [9.17, 15) is 0 Å². The van der Waals surface area contributed by atoms with Crippen molar-refractivity contribution in [2.75, 3.05) is 7.05 Å². The Kier molecular flexibility index (Phi) is 4.79. The molecule has 2 rings (SSSR count). The summed E-state index contributed by atoms with van der Waals surface area (Å²) in [4.78, 5) is 4.26. The molecule has 0 amide bonds. The highest BCUT2D eigenvalue weighted by atomic mass is 14.9. The molecule has 0 aliphatic carbocycles. The zero-order chi connectivity index (χ0) is 15.5. The van der Waals surface area contributed by atoms with Crippen LogP contribution < -0.4 is 5.32 Å². The van der Waals surface area contributed by atoms with Gasteiger partial charge < -0.3 is 5.32 Å². The van der Waals surface area contributed by atoms with E-state index in [1.54, 1.807) is 0 Å². The minimum Gasteiger partial charge on any atom is -0.313 e. The summed E-state index contributed by atoms with van der Waals surface area (Å²) in [7, 11) is 2.01. The summed E-state index contributed by atoms with van der Waals surface area (Å²) >= 11 is 0. The molecule has 0 aliphatic rings. The van der Waals surface area contributed by atoms with Gasteiger partial charge >= 0.3 is 0 Å². The number of aryl methyl sites for hydroxylation is 1. The Balaban J connectivity index is 2.18. The molecule has 1 aromatic heterocycles. The van der Waals surface area contributed by atoms with Crippen LogP contribution in [0.15, 0.2) is 42.7 Å². The van der Waals surface area contributed by atoms with E-state index < -0.39 is 0 Å². The molecule has 0 bridgehead atoms.